The van der Waals surface area contributed by atoms with Crippen molar-refractivity contribution < 1.29 is 4.79 Å². The lowest BCUT2D eigenvalue weighted by molar-refractivity contribution is -0.130. The predicted octanol–water partition coefficient (Wildman–Crippen LogP) is 2.48. The molecule has 0 aliphatic rings. The molecule has 0 bridgehead atoms. The lowest BCUT2D eigenvalue weighted by Crippen LogP contribution is -2.26. The molecule has 0 spiro atoms. The normalized spacial score (nSPS) is 10.9. The van der Waals surface area contributed by atoms with Crippen LogP contribution < -0.4 is 0 Å². The number of H-pyrrole nitrogens is 2. The van der Waals surface area contributed by atoms with Gasteiger partial charge in [-0.1, -0.05) is 18.2 Å². The molecule has 3 aromatic rings. The van der Waals surface area contributed by atoms with Crippen molar-refractivity contribution in [1.82, 2.24) is 19.9 Å². The highest BCUT2D eigenvalue weighted by molar-refractivity contribution is 5.84. The van der Waals surface area contributed by atoms with Gasteiger partial charge in [-0.25, -0.2) is 4.98 Å². The lowest BCUT2D eigenvalue weighted by Gasteiger charge is -2.15. The van der Waals surface area contributed by atoms with Gasteiger partial charge in [-0.3, -0.25) is 4.79 Å². The van der Waals surface area contributed by atoms with E-state index in [0.29, 0.717) is 13.0 Å². The van der Waals surface area contributed by atoms with Crippen LogP contribution in [0.1, 0.15) is 17.8 Å². The molecule has 2 N–H and O–H groups in total. The predicted molar refractivity (Wildman–Crippen MR) is 81.7 cm³/mol. The molecule has 1 amide bonds. The van der Waals surface area contributed by atoms with E-state index in [1.54, 1.807) is 24.3 Å². The molecule has 5 heteroatoms. The Morgan fingerprint density at radius 1 is 1.29 bits per heavy atom. The highest BCUT2D eigenvalue weighted by atomic mass is 16.2. The molecule has 0 atom stereocenters. The van der Waals surface area contributed by atoms with Crippen LogP contribution in [-0.2, 0) is 17.8 Å². The fourth-order valence-electron chi connectivity index (χ4n) is 2.47. The summed E-state index contributed by atoms with van der Waals surface area (Å²) in [6.45, 7) is 0.514. The van der Waals surface area contributed by atoms with Crippen LogP contribution in [0.15, 0.2) is 42.9 Å². The van der Waals surface area contributed by atoms with Crippen LogP contribution in [0, 0.1) is 0 Å². The van der Waals surface area contributed by atoms with E-state index >= 15 is 0 Å². The molecule has 21 heavy (non-hydrogen) atoms. The van der Waals surface area contributed by atoms with Crippen molar-refractivity contribution in [2.24, 2.45) is 0 Å². The van der Waals surface area contributed by atoms with Gasteiger partial charge in [0.1, 0.15) is 5.82 Å². The number of aromatic amines is 2. The third-order valence-electron chi connectivity index (χ3n) is 3.65. The number of hydrogen-bond donors (Lipinski definition) is 2. The molecule has 3 rings (SSSR count). The molecule has 0 unspecified atom stereocenters. The highest BCUT2D eigenvalue weighted by Gasteiger charge is 2.12. The van der Waals surface area contributed by atoms with Crippen LogP contribution in [-0.4, -0.2) is 32.8 Å². The third-order valence-corrected chi connectivity index (χ3v) is 3.65. The van der Waals surface area contributed by atoms with Gasteiger partial charge in [0.25, 0.3) is 0 Å². The van der Waals surface area contributed by atoms with Crippen LogP contribution in [0.25, 0.3) is 10.9 Å². The van der Waals surface area contributed by atoms with Gasteiger partial charge in [0.2, 0.25) is 5.91 Å². The van der Waals surface area contributed by atoms with Crippen molar-refractivity contribution in [3.8, 4) is 0 Å². The number of aromatic nitrogens is 3. The zero-order chi connectivity index (χ0) is 14.7. The number of nitrogens with one attached hydrogen (secondary N) is 2. The van der Waals surface area contributed by atoms with Gasteiger partial charge in [0.05, 0.1) is 6.54 Å². The summed E-state index contributed by atoms with van der Waals surface area (Å²) in [4.78, 5) is 24.3. The van der Waals surface area contributed by atoms with Crippen molar-refractivity contribution in [3.63, 3.8) is 0 Å². The molecule has 2 heterocycles. The number of amides is 1. The Balaban J connectivity index is 1.60. The largest absolute Gasteiger partial charge is 0.361 e. The van der Waals surface area contributed by atoms with E-state index in [2.05, 4.69) is 21.0 Å². The van der Waals surface area contributed by atoms with E-state index in [-0.39, 0.29) is 5.91 Å². The zero-order valence-corrected chi connectivity index (χ0v) is 12.0. The Kier molecular flexibility index (Phi) is 3.73. The molecule has 0 saturated carbocycles. The average Bonchev–Trinajstić information content (AvgIpc) is 3.14. The number of para-hydroxylation sites is 1. The average molecular weight is 282 g/mol. The second kappa shape index (κ2) is 5.83. The first kappa shape index (κ1) is 13.4. The lowest BCUT2D eigenvalue weighted by atomic mass is 10.1. The second-order valence-corrected chi connectivity index (χ2v) is 5.15. The maximum Gasteiger partial charge on any atom is 0.223 e. The molecular weight excluding hydrogens is 264 g/mol. The first-order valence-corrected chi connectivity index (χ1v) is 7.01. The van der Waals surface area contributed by atoms with E-state index < -0.39 is 0 Å². The van der Waals surface area contributed by atoms with Crippen LogP contribution in [0.4, 0.5) is 0 Å². The molecule has 0 fully saturated rings. The van der Waals surface area contributed by atoms with Gasteiger partial charge in [-0.05, 0) is 18.1 Å². The van der Waals surface area contributed by atoms with Crippen molar-refractivity contribution in [1.29, 1.82) is 0 Å². The molecule has 5 nitrogen and oxygen atoms in total. The Labute approximate surface area is 123 Å². The van der Waals surface area contributed by atoms with Crippen LogP contribution >= 0.6 is 0 Å². The maximum atomic E-state index is 12.2. The number of benzene rings is 1. The van der Waals surface area contributed by atoms with E-state index in [0.717, 1.165) is 17.8 Å². The van der Waals surface area contributed by atoms with E-state index in [4.69, 9.17) is 0 Å². The quantitative estimate of drug-likeness (QED) is 0.755. The molecule has 0 radical (unpaired) electrons. The Bertz CT molecular complexity index is 730. The Morgan fingerprint density at radius 2 is 2.14 bits per heavy atom. The molecule has 0 aliphatic heterocycles. The molecule has 1 aromatic carbocycles. The van der Waals surface area contributed by atoms with Gasteiger partial charge < -0.3 is 14.9 Å². The minimum absolute atomic E-state index is 0.122. The smallest absolute Gasteiger partial charge is 0.223 e. The minimum atomic E-state index is 0.122. The van der Waals surface area contributed by atoms with Crippen LogP contribution in [0.3, 0.4) is 0 Å². The summed E-state index contributed by atoms with van der Waals surface area (Å²) in [6.07, 6.45) is 6.69. The summed E-state index contributed by atoms with van der Waals surface area (Å²) in [5.74, 6) is 0.926. The first-order chi connectivity index (χ1) is 10.2. The van der Waals surface area contributed by atoms with Gasteiger partial charge in [-0.15, -0.1) is 0 Å². The summed E-state index contributed by atoms with van der Waals surface area (Å²) in [5.41, 5.74) is 2.30. The van der Waals surface area contributed by atoms with E-state index in [1.165, 1.54) is 10.9 Å². The molecule has 2 aromatic heterocycles. The van der Waals surface area contributed by atoms with E-state index in [9.17, 15) is 4.79 Å². The molecule has 0 saturated heterocycles. The summed E-state index contributed by atoms with van der Waals surface area (Å²) >= 11 is 0. The summed E-state index contributed by atoms with van der Waals surface area (Å²) in [6, 6.07) is 8.15. The fourth-order valence-corrected chi connectivity index (χ4v) is 2.47. The minimum Gasteiger partial charge on any atom is -0.361 e. The second-order valence-electron chi connectivity index (χ2n) is 5.15. The van der Waals surface area contributed by atoms with Crippen LogP contribution in [0.5, 0.6) is 0 Å². The van der Waals surface area contributed by atoms with Gasteiger partial charge in [0, 0.05) is 43.0 Å². The number of carbonyl (C=O) groups is 1. The number of rotatable bonds is 5. The first-order valence-electron chi connectivity index (χ1n) is 7.01. The van der Waals surface area contributed by atoms with Crippen molar-refractivity contribution in [3.05, 3.63) is 54.2 Å². The standard InChI is InChI=1S/C16H18N4O/c1-20(11-15-17-8-9-18-15)16(21)7-6-12-10-19-14-5-3-2-4-13(12)14/h2-5,8-10,19H,6-7,11H2,1H3,(H,17,18). The molecular formula is C16H18N4O. The summed E-state index contributed by atoms with van der Waals surface area (Å²) in [5, 5.41) is 1.19. The number of imidazole rings is 1. The maximum absolute atomic E-state index is 12.2. The highest BCUT2D eigenvalue weighted by Crippen LogP contribution is 2.19. The zero-order valence-electron chi connectivity index (χ0n) is 12.0. The number of fused-ring (bicyclic) bond motifs is 1. The third kappa shape index (κ3) is 2.97. The number of nitrogens with zero attached hydrogens (tertiary/aromatic N) is 2. The summed E-state index contributed by atoms with van der Waals surface area (Å²) < 4.78 is 0. The summed E-state index contributed by atoms with van der Waals surface area (Å²) in [7, 11) is 1.81. The van der Waals surface area contributed by atoms with Gasteiger partial charge in [-0.2, -0.15) is 0 Å². The SMILES string of the molecule is CN(Cc1ncc[nH]1)C(=O)CCc1c[nH]c2ccccc12. The number of hydrogen-bond acceptors (Lipinski definition) is 2. The van der Waals surface area contributed by atoms with Crippen molar-refractivity contribution in [2.75, 3.05) is 7.05 Å². The van der Waals surface area contributed by atoms with Gasteiger partial charge >= 0.3 is 0 Å². The Hall–Kier alpha value is -2.56. The fraction of sp³-hybridized carbons (Fsp3) is 0.250. The number of carbonyl (C=O) groups excluding carboxylic acids is 1. The Morgan fingerprint density at radius 3 is 2.95 bits per heavy atom. The van der Waals surface area contributed by atoms with E-state index in [1.807, 2.05) is 24.4 Å². The van der Waals surface area contributed by atoms with Gasteiger partial charge in [0.15, 0.2) is 0 Å². The molecule has 108 valence electrons. The topological polar surface area (TPSA) is 64.8 Å². The van der Waals surface area contributed by atoms with Crippen LogP contribution in [0.2, 0.25) is 0 Å². The van der Waals surface area contributed by atoms with Crippen molar-refractivity contribution in [2.45, 2.75) is 19.4 Å². The number of aryl methyl sites for hydroxylation is 1. The monoisotopic (exact) mass is 282 g/mol. The molecule has 0 aliphatic carbocycles. The van der Waals surface area contributed by atoms with Crippen molar-refractivity contribution >= 4 is 16.8 Å².